The number of nitrogens with zero attached hydrogens (tertiary/aromatic N) is 2. The van der Waals surface area contributed by atoms with E-state index in [4.69, 9.17) is 23.2 Å². The molecule has 1 saturated heterocycles. The molecular formula is C28H20Cl2N4O4. The lowest BCUT2D eigenvalue weighted by Gasteiger charge is -2.27. The van der Waals surface area contributed by atoms with Gasteiger partial charge in [-0.1, -0.05) is 59.6 Å². The van der Waals surface area contributed by atoms with E-state index in [1.807, 2.05) is 49.4 Å². The van der Waals surface area contributed by atoms with Gasteiger partial charge in [0.1, 0.15) is 12.1 Å². The van der Waals surface area contributed by atoms with Crippen molar-refractivity contribution in [1.82, 2.24) is 9.88 Å². The molecular weight excluding hydrogens is 527 g/mol. The number of hydrogen-bond donors (Lipinski definition) is 2. The van der Waals surface area contributed by atoms with Gasteiger partial charge in [-0.3, -0.25) is 19.7 Å². The van der Waals surface area contributed by atoms with Gasteiger partial charge in [-0.25, -0.2) is 9.69 Å². The average Bonchev–Trinajstić information content (AvgIpc) is 3.21. The van der Waals surface area contributed by atoms with Gasteiger partial charge in [0.25, 0.3) is 11.8 Å². The monoisotopic (exact) mass is 546 g/mol. The number of urea groups is 1. The second-order valence-electron chi connectivity index (χ2n) is 8.68. The highest BCUT2D eigenvalue weighted by molar-refractivity contribution is 6.46. The number of aryl methyl sites for hydroxylation is 1. The Hall–Kier alpha value is -4.40. The average molecular weight is 547 g/mol. The van der Waals surface area contributed by atoms with Crippen LogP contribution in [0.4, 0.5) is 16.2 Å². The van der Waals surface area contributed by atoms with Crippen molar-refractivity contribution in [1.29, 1.82) is 0 Å². The summed E-state index contributed by atoms with van der Waals surface area (Å²) in [5, 5.41) is 5.93. The molecule has 2 N–H and O–H groups in total. The Morgan fingerprint density at radius 1 is 1.00 bits per heavy atom. The highest BCUT2D eigenvalue weighted by atomic mass is 35.5. The van der Waals surface area contributed by atoms with Crippen LogP contribution in [0.3, 0.4) is 0 Å². The van der Waals surface area contributed by atoms with Crippen LogP contribution in [0.5, 0.6) is 0 Å². The molecule has 0 radical (unpaired) electrons. The lowest BCUT2D eigenvalue weighted by atomic mass is 10.1. The van der Waals surface area contributed by atoms with Crippen LogP contribution in [0.2, 0.25) is 10.0 Å². The number of aromatic nitrogens is 1. The van der Waals surface area contributed by atoms with Gasteiger partial charge >= 0.3 is 6.03 Å². The minimum atomic E-state index is -0.934. The zero-order valence-corrected chi connectivity index (χ0v) is 21.5. The van der Waals surface area contributed by atoms with E-state index in [0.717, 1.165) is 16.0 Å². The first-order valence-corrected chi connectivity index (χ1v) is 12.3. The number of benzene rings is 3. The van der Waals surface area contributed by atoms with Crippen LogP contribution in [0.25, 0.3) is 17.0 Å². The van der Waals surface area contributed by atoms with Gasteiger partial charge in [0.2, 0.25) is 5.91 Å². The molecule has 0 saturated carbocycles. The van der Waals surface area contributed by atoms with Crippen LogP contribution in [-0.2, 0) is 20.9 Å². The van der Waals surface area contributed by atoms with Gasteiger partial charge in [-0.2, -0.15) is 0 Å². The smallest absolute Gasteiger partial charge is 0.336 e. The van der Waals surface area contributed by atoms with Crippen molar-refractivity contribution in [2.24, 2.45) is 0 Å². The number of rotatable bonds is 5. The Kier molecular flexibility index (Phi) is 6.75. The van der Waals surface area contributed by atoms with Crippen LogP contribution in [0.1, 0.15) is 11.1 Å². The fourth-order valence-electron chi connectivity index (χ4n) is 4.30. The van der Waals surface area contributed by atoms with Crippen molar-refractivity contribution in [2.75, 3.05) is 10.2 Å². The Labute approximate surface area is 227 Å². The van der Waals surface area contributed by atoms with Gasteiger partial charge in [0, 0.05) is 28.4 Å². The maximum absolute atomic E-state index is 13.4. The molecule has 0 aliphatic carbocycles. The van der Waals surface area contributed by atoms with Gasteiger partial charge in [-0.15, -0.1) is 0 Å². The lowest BCUT2D eigenvalue weighted by molar-refractivity contribution is -0.122. The third-order valence-corrected chi connectivity index (χ3v) is 6.82. The van der Waals surface area contributed by atoms with E-state index < -0.39 is 17.8 Å². The van der Waals surface area contributed by atoms with Crippen LogP contribution in [0.15, 0.2) is 78.5 Å². The highest BCUT2D eigenvalue weighted by Gasteiger charge is 2.38. The minimum absolute atomic E-state index is 0.000501. The highest BCUT2D eigenvalue weighted by Crippen LogP contribution is 2.34. The molecule has 2 heterocycles. The molecule has 1 aliphatic heterocycles. The molecule has 1 fully saturated rings. The molecule has 5 amide bonds. The summed E-state index contributed by atoms with van der Waals surface area (Å²) in [7, 11) is 0. The van der Waals surface area contributed by atoms with Crippen LogP contribution < -0.4 is 15.5 Å². The Balaban J connectivity index is 1.50. The summed E-state index contributed by atoms with van der Waals surface area (Å²) in [4.78, 5) is 52.2. The molecule has 190 valence electrons. The lowest BCUT2D eigenvalue weighted by Crippen LogP contribution is -2.54. The summed E-state index contributed by atoms with van der Waals surface area (Å²) in [5.41, 5.74) is 2.73. The molecule has 0 atom stereocenters. The number of carbonyl (C=O) groups is 4. The fourth-order valence-corrected chi connectivity index (χ4v) is 4.68. The number of halogens is 2. The number of imide groups is 2. The quantitative estimate of drug-likeness (QED) is 0.252. The van der Waals surface area contributed by atoms with Gasteiger partial charge < -0.3 is 9.88 Å². The van der Waals surface area contributed by atoms with Crippen molar-refractivity contribution in [3.8, 4) is 0 Å². The number of carbonyl (C=O) groups excluding carboxylic acids is 4. The van der Waals surface area contributed by atoms with Gasteiger partial charge in [0.05, 0.1) is 15.7 Å². The largest absolute Gasteiger partial charge is 0.337 e. The predicted molar refractivity (Wildman–Crippen MR) is 147 cm³/mol. The number of nitrogens with one attached hydrogen (secondary N) is 2. The van der Waals surface area contributed by atoms with Crippen LogP contribution in [-0.4, -0.2) is 28.3 Å². The van der Waals surface area contributed by atoms with Crippen LogP contribution in [0, 0.1) is 6.92 Å². The molecule has 10 heteroatoms. The molecule has 3 aromatic carbocycles. The summed E-state index contributed by atoms with van der Waals surface area (Å²) in [6.45, 7) is 1.94. The van der Waals surface area contributed by atoms with E-state index in [-0.39, 0.29) is 33.8 Å². The Bertz CT molecular complexity index is 1670. The van der Waals surface area contributed by atoms with Gasteiger partial charge in [-0.05, 0) is 48.9 Å². The zero-order chi connectivity index (χ0) is 27.0. The number of barbiturate groups is 1. The summed E-state index contributed by atoms with van der Waals surface area (Å²) in [5.74, 6) is -1.94. The number of para-hydroxylation sites is 1. The number of hydrogen-bond acceptors (Lipinski definition) is 4. The standard InChI is InChI=1S/C28H20Cl2N4O4/c1-16-6-4-7-18(12-16)31-24(35)15-33-14-17(19-8-2-3-10-22(19)33)13-20-26(36)32-28(38)34(27(20)37)23-11-5-9-21(29)25(23)30/h2-14H,15H2,1H3,(H,31,35)(H,32,36,38)/b20-13+. The molecule has 0 spiro atoms. The molecule has 38 heavy (non-hydrogen) atoms. The zero-order valence-electron chi connectivity index (χ0n) is 20.0. The molecule has 5 rings (SSSR count). The molecule has 0 unspecified atom stereocenters. The fraction of sp³-hybridized carbons (Fsp3) is 0.0714. The van der Waals surface area contributed by atoms with Crippen molar-refractivity contribution < 1.29 is 19.2 Å². The van der Waals surface area contributed by atoms with Crippen molar-refractivity contribution >= 4 is 75.3 Å². The third-order valence-electron chi connectivity index (χ3n) is 6.01. The SMILES string of the molecule is Cc1cccc(NC(=O)Cn2cc(/C=C3\C(=O)NC(=O)N(c4cccc(Cl)c4Cl)C3=O)c3ccccc32)c1. The molecule has 8 nitrogen and oxygen atoms in total. The van der Waals surface area contributed by atoms with E-state index in [1.165, 1.54) is 18.2 Å². The number of anilines is 2. The van der Waals surface area contributed by atoms with E-state index in [2.05, 4.69) is 10.6 Å². The van der Waals surface area contributed by atoms with Crippen molar-refractivity contribution in [2.45, 2.75) is 13.5 Å². The first kappa shape index (κ1) is 25.3. The molecule has 0 bridgehead atoms. The van der Waals surface area contributed by atoms with E-state index in [0.29, 0.717) is 16.6 Å². The summed E-state index contributed by atoms with van der Waals surface area (Å²) < 4.78 is 1.73. The summed E-state index contributed by atoms with van der Waals surface area (Å²) in [6.07, 6.45) is 3.08. The Morgan fingerprint density at radius 2 is 1.76 bits per heavy atom. The topological polar surface area (TPSA) is 101 Å². The second-order valence-corrected chi connectivity index (χ2v) is 9.46. The molecule has 1 aliphatic rings. The van der Waals surface area contributed by atoms with Crippen LogP contribution >= 0.6 is 23.2 Å². The minimum Gasteiger partial charge on any atom is -0.337 e. The normalized spacial score (nSPS) is 14.8. The van der Waals surface area contributed by atoms with Crippen molar-refractivity contribution in [3.63, 3.8) is 0 Å². The van der Waals surface area contributed by atoms with E-state index >= 15 is 0 Å². The summed E-state index contributed by atoms with van der Waals surface area (Å²) in [6, 6.07) is 18.3. The van der Waals surface area contributed by atoms with Crippen molar-refractivity contribution in [3.05, 3.63) is 99.7 Å². The first-order valence-electron chi connectivity index (χ1n) is 11.5. The van der Waals surface area contributed by atoms with E-state index in [9.17, 15) is 19.2 Å². The Morgan fingerprint density at radius 3 is 2.55 bits per heavy atom. The number of amides is 5. The predicted octanol–water partition coefficient (Wildman–Crippen LogP) is 5.56. The maximum Gasteiger partial charge on any atom is 0.336 e. The summed E-state index contributed by atoms with van der Waals surface area (Å²) >= 11 is 12.3. The first-order chi connectivity index (χ1) is 18.2. The van der Waals surface area contributed by atoms with E-state index in [1.54, 1.807) is 22.9 Å². The maximum atomic E-state index is 13.4. The molecule has 1 aromatic heterocycles. The van der Waals surface area contributed by atoms with Gasteiger partial charge in [0.15, 0.2) is 0 Å². The molecule has 4 aromatic rings. The second kappa shape index (κ2) is 10.2. The number of fused-ring (bicyclic) bond motifs is 1. The third kappa shape index (κ3) is 4.79.